The maximum absolute atomic E-state index is 13.0. The number of rotatable bonds is 6. The first-order valence-electron chi connectivity index (χ1n) is 11.2. The molecule has 0 unspecified atom stereocenters. The summed E-state index contributed by atoms with van der Waals surface area (Å²) in [4.78, 5) is 15.7. The number of nitrogens with zero attached hydrogens (tertiary/aromatic N) is 2. The summed E-state index contributed by atoms with van der Waals surface area (Å²) in [6.45, 7) is 5.84. The number of amides is 1. The van der Waals surface area contributed by atoms with Gasteiger partial charge in [-0.05, 0) is 49.1 Å². The SMILES string of the molecule is Cc1ccc(CN2CCSCC2)cc1NC(=O)C1CCN(S(=O)(=O)c2ccccc2)CC1. The first-order valence-corrected chi connectivity index (χ1v) is 13.8. The predicted molar refractivity (Wildman–Crippen MR) is 130 cm³/mol. The lowest BCUT2D eigenvalue weighted by molar-refractivity contribution is -0.120. The minimum Gasteiger partial charge on any atom is -0.326 e. The van der Waals surface area contributed by atoms with E-state index in [4.69, 9.17) is 0 Å². The third kappa shape index (κ3) is 5.54. The van der Waals surface area contributed by atoms with Crippen LogP contribution in [0.3, 0.4) is 0 Å². The van der Waals surface area contributed by atoms with E-state index in [1.54, 1.807) is 30.3 Å². The van der Waals surface area contributed by atoms with E-state index in [-0.39, 0.29) is 11.8 Å². The van der Waals surface area contributed by atoms with Crippen molar-refractivity contribution in [2.75, 3.05) is 43.0 Å². The van der Waals surface area contributed by atoms with E-state index < -0.39 is 10.0 Å². The summed E-state index contributed by atoms with van der Waals surface area (Å²) in [5, 5.41) is 3.11. The minimum atomic E-state index is -3.50. The molecular formula is C24H31N3O3S2. The van der Waals surface area contributed by atoms with E-state index in [0.29, 0.717) is 30.8 Å². The van der Waals surface area contributed by atoms with E-state index in [1.165, 1.54) is 21.4 Å². The van der Waals surface area contributed by atoms with Crippen LogP contribution in [0.4, 0.5) is 5.69 Å². The van der Waals surface area contributed by atoms with Gasteiger partial charge in [0.15, 0.2) is 0 Å². The van der Waals surface area contributed by atoms with Crippen molar-refractivity contribution >= 4 is 33.4 Å². The molecule has 0 bridgehead atoms. The third-order valence-corrected chi connectivity index (χ3v) is 9.13. The highest BCUT2D eigenvalue weighted by molar-refractivity contribution is 7.99. The van der Waals surface area contributed by atoms with E-state index in [2.05, 4.69) is 28.4 Å². The van der Waals surface area contributed by atoms with Crippen molar-refractivity contribution in [2.24, 2.45) is 5.92 Å². The topological polar surface area (TPSA) is 69.7 Å². The van der Waals surface area contributed by atoms with Crippen molar-refractivity contribution in [3.63, 3.8) is 0 Å². The summed E-state index contributed by atoms with van der Waals surface area (Å²) in [7, 11) is -3.50. The van der Waals surface area contributed by atoms with Crippen LogP contribution in [0.5, 0.6) is 0 Å². The monoisotopic (exact) mass is 473 g/mol. The molecule has 172 valence electrons. The van der Waals surface area contributed by atoms with Gasteiger partial charge in [0.25, 0.3) is 0 Å². The Kier molecular flexibility index (Phi) is 7.55. The quantitative estimate of drug-likeness (QED) is 0.695. The standard InChI is InChI=1S/C24H31N3O3S2/c1-19-7-8-20(18-26-13-15-31-16-14-26)17-23(19)25-24(28)21-9-11-27(12-10-21)32(29,30)22-5-3-2-4-6-22/h2-8,17,21H,9-16,18H2,1H3,(H,25,28). The third-order valence-electron chi connectivity index (χ3n) is 6.28. The van der Waals surface area contributed by atoms with Gasteiger partial charge in [-0.1, -0.05) is 30.3 Å². The Morgan fingerprint density at radius 1 is 1.03 bits per heavy atom. The van der Waals surface area contributed by atoms with E-state index >= 15 is 0 Å². The number of benzene rings is 2. The zero-order valence-electron chi connectivity index (χ0n) is 18.5. The Bertz CT molecular complexity index is 1030. The van der Waals surface area contributed by atoms with Gasteiger partial charge in [0.05, 0.1) is 4.90 Å². The number of carbonyl (C=O) groups is 1. The molecule has 2 aliphatic heterocycles. The summed E-state index contributed by atoms with van der Waals surface area (Å²) >= 11 is 2.00. The molecule has 32 heavy (non-hydrogen) atoms. The zero-order valence-corrected chi connectivity index (χ0v) is 20.1. The van der Waals surface area contributed by atoms with Crippen molar-refractivity contribution in [1.29, 1.82) is 0 Å². The van der Waals surface area contributed by atoms with Crippen molar-refractivity contribution in [2.45, 2.75) is 31.2 Å². The highest BCUT2D eigenvalue weighted by Crippen LogP contribution is 2.26. The molecule has 2 aromatic rings. The molecule has 4 rings (SSSR count). The van der Waals surface area contributed by atoms with Crippen molar-refractivity contribution < 1.29 is 13.2 Å². The van der Waals surface area contributed by atoms with Gasteiger partial charge in [-0.2, -0.15) is 16.1 Å². The Morgan fingerprint density at radius 2 is 1.72 bits per heavy atom. The van der Waals surface area contributed by atoms with Crippen LogP contribution < -0.4 is 5.32 Å². The van der Waals surface area contributed by atoms with Gasteiger partial charge < -0.3 is 5.32 Å². The fourth-order valence-electron chi connectivity index (χ4n) is 4.25. The van der Waals surface area contributed by atoms with Crippen molar-refractivity contribution in [3.05, 3.63) is 59.7 Å². The van der Waals surface area contributed by atoms with Crippen molar-refractivity contribution in [3.8, 4) is 0 Å². The van der Waals surface area contributed by atoms with Gasteiger partial charge in [0.1, 0.15) is 0 Å². The van der Waals surface area contributed by atoms with E-state index in [9.17, 15) is 13.2 Å². The molecule has 2 saturated heterocycles. The molecule has 2 heterocycles. The lowest BCUT2D eigenvalue weighted by Gasteiger charge is -2.30. The fraction of sp³-hybridized carbons (Fsp3) is 0.458. The second-order valence-electron chi connectivity index (χ2n) is 8.52. The van der Waals surface area contributed by atoms with Crippen LogP contribution in [0.25, 0.3) is 0 Å². The van der Waals surface area contributed by atoms with Crippen LogP contribution in [0, 0.1) is 12.8 Å². The second-order valence-corrected chi connectivity index (χ2v) is 11.7. The average molecular weight is 474 g/mol. The highest BCUT2D eigenvalue weighted by Gasteiger charge is 2.32. The lowest BCUT2D eigenvalue weighted by atomic mass is 9.97. The molecule has 2 fully saturated rings. The van der Waals surface area contributed by atoms with Crippen LogP contribution in [0.1, 0.15) is 24.0 Å². The van der Waals surface area contributed by atoms with Gasteiger partial charge in [0.2, 0.25) is 15.9 Å². The summed E-state index contributed by atoms with van der Waals surface area (Å²) in [5.74, 6) is 2.15. The number of aryl methyl sites for hydroxylation is 1. The number of sulfonamides is 1. The molecule has 6 nitrogen and oxygen atoms in total. The predicted octanol–water partition coefficient (Wildman–Crippen LogP) is 3.58. The van der Waals surface area contributed by atoms with Gasteiger partial charge >= 0.3 is 0 Å². The number of hydrogen-bond acceptors (Lipinski definition) is 5. The first kappa shape index (κ1) is 23.3. The number of carbonyl (C=O) groups excluding carboxylic acids is 1. The molecule has 0 radical (unpaired) electrons. The summed E-state index contributed by atoms with van der Waals surface area (Å²) in [6, 6.07) is 14.8. The molecule has 0 spiro atoms. The van der Waals surface area contributed by atoms with E-state index in [1.807, 2.05) is 18.7 Å². The maximum atomic E-state index is 13.0. The summed E-state index contributed by atoms with van der Waals surface area (Å²) in [6.07, 6.45) is 1.06. The molecule has 0 aliphatic carbocycles. The first-order chi connectivity index (χ1) is 15.4. The van der Waals surface area contributed by atoms with Crippen LogP contribution >= 0.6 is 11.8 Å². The van der Waals surface area contributed by atoms with Gasteiger partial charge in [-0.15, -0.1) is 0 Å². The minimum absolute atomic E-state index is 0.0172. The lowest BCUT2D eigenvalue weighted by Crippen LogP contribution is -2.41. The largest absolute Gasteiger partial charge is 0.326 e. The van der Waals surface area contributed by atoms with Gasteiger partial charge in [0, 0.05) is 55.8 Å². The summed E-state index contributed by atoms with van der Waals surface area (Å²) < 4.78 is 27.1. The van der Waals surface area contributed by atoms with Crippen LogP contribution in [-0.2, 0) is 21.4 Å². The van der Waals surface area contributed by atoms with Crippen LogP contribution in [-0.4, -0.2) is 61.2 Å². The molecular weight excluding hydrogens is 442 g/mol. The molecule has 0 aromatic heterocycles. The summed E-state index contributed by atoms with van der Waals surface area (Å²) in [5.41, 5.74) is 3.11. The number of anilines is 1. The molecule has 8 heteroatoms. The number of nitrogens with one attached hydrogen (secondary N) is 1. The fourth-order valence-corrected chi connectivity index (χ4v) is 6.72. The molecule has 1 amide bonds. The second kappa shape index (κ2) is 10.4. The molecule has 0 atom stereocenters. The number of piperidine rings is 1. The Labute approximate surface area is 195 Å². The Balaban J connectivity index is 1.35. The number of thioether (sulfide) groups is 1. The highest BCUT2D eigenvalue weighted by atomic mass is 32.2. The smallest absolute Gasteiger partial charge is 0.243 e. The number of hydrogen-bond donors (Lipinski definition) is 1. The molecule has 2 aromatic carbocycles. The maximum Gasteiger partial charge on any atom is 0.243 e. The van der Waals surface area contributed by atoms with Crippen LogP contribution in [0.2, 0.25) is 0 Å². The average Bonchev–Trinajstić information content (AvgIpc) is 2.82. The normalized spacial score (nSPS) is 19.0. The Morgan fingerprint density at radius 3 is 2.41 bits per heavy atom. The van der Waals surface area contributed by atoms with E-state index in [0.717, 1.165) is 30.9 Å². The molecule has 0 saturated carbocycles. The Hall–Kier alpha value is -1.87. The zero-order chi connectivity index (χ0) is 22.6. The van der Waals surface area contributed by atoms with Crippen LogP contribution in [0.15, 0.2) is 53.4 Å². The molecule has 2 aliphatic rings. The van der Waals surface area contributed by atoms with Crippen molar-refractivity contribution in [1.82, 2.24) is 9.21 Å². The van der Waals surface area contributed by atoms with Gasteiger partial charge in [-0.25, -0.2) is 8.42 Å². The van der Waals surface area contributed by atoms with Gasteiger partial charge in [-0.3, -0.25) is 9.69 Å². The molecule has 1 N–H and O–H groups in total.